The Hall–Kier alpha value is -3.92. The van der Waals surface area contributed by atoms with Crippen molar-refractivity contribution in [1.29, 1.82) is 0 Å². The van der Waals surface area contributed by atoms with Crippen LogP contribution in [-0.4, -0.2) is 47.5 Å². The van der Waals surface area contributed by atoms with Crippen LogP contribution in [0.4, 0.5) is 13.2 Å². The molecule has 0 atom stereocenters. The summed E-state index contributed by atoms with van der Waals surface area (Å²) in [7, 11) is 1.79. The number of nitrogens with two attached hydrogens (primary N) is 1. The molecule has 0 bridgehead atoms. The second kappa shape index (κ2) is 10.6. The Kier molecular flexibility index (Phi) is 8.14. The number of amides is 1. The Morgan fingerprint density at radius 3 is 2.39 bits per heavy atom. The number of ketones is 1. The molecule has 1 heterocycles. The van der Waals surface area contributed by atoms with E-state index < -0.39 is 18.1 Å². The molecule has 174 valence electrons. The number of fused-ring (bicyclic) bond motifs is 1. The third kappa shape index (κ3) is 6.53. The van der Waals surface area contributed by atoms with E-state index in [4.69, 9.17) is 15.6 Å². The van der Waals surface area contributed by atoms with Crippen molar-refractivity contribution in [3.63, 3.8) is 0 Å². The normalized spacial score (nSPS) is 10.9. The number of benzene rings is 2. The highest BCUT2D eigenvalue weighted by Crippen LogP contribution is 2.31. The quantitative estimate of drug-likeness (QED) is 0.401. The van der Waals surface area contributed by atoms with Crippen molar-refractivity contribution in [3.8, 4) is 11.1 Å². The molecule has 2 aromatic carbocycles. The number of aliphatic carboxylic acids is 1. The van der Waals surface area contributed by atoms with Gasteiger partial charge in [-0.05, 0) is 35.9 Å². The number of aromatic nitrogens is 1. The van der Waals surface area contributed by atoms with Crippen molar-refractivity contribution in [1.82, 2.24) is 10.3 Å². The zero-order valence-corrected chi connectivity index (χ0v) is 17.6. The molecule has 0 aliphatic carbocycles. The van der Waals surface area contributed by atoms with Crippen molar-refractivity contribution in [2.45, 2.75) is 12.6 Å². The van der Waals surface area contributed by atoms with Crippen LogP contribution >= 0.6 is 0 Å². The number of hydrogen-bond donors (Lipinski definition) is 4. The summed E-state index contributed by atoms with van der Waals surface area (Å²) in [5.41, 5.74) is 10.1. The molecule has 3 rings (SSSR count). The highest BCUT2D eigenvalue weighted by atomic mass is 19.4. The molecule has 5 N–H and O–H groups in total. The summed E-state index contributed by atoms with van der Waals surface area (Å²) in [5, 5.41) is 11.0. The minimum atomic E-state index is -5.08. The molecular formula is C23H22F3N3O4. The maximum atomic E-state index is 12.2. The minimum Gasteiger partial charge on any atom is -0.475 e. The standard InChI is InChI=1S/C21H21N3O2.C2HF3O2/c1-13(12-23-2)19(25)11-14-4-3-5-15(10-14)16-6-7-18(21(22)26)20-17(16)8-9-24-20;3-2(4,5)1(6)7/h3-10,23-24H,1,11-12H2,2H3,(H2,22,26);(H,6,7). The number of rotatable bonds is 7. The molecule has 0 radical (unpaired) electrons. The molecule has 0 aliphatic heterocycles. The van der Waals surface area contributed by atoms with Crippen molar-refractivity contribution in [2.75, 3.05) is 13.6 Å². The summed E-state index contributed by atoms with van der Waals surface area (Å²) >= 11 is 0. The number of carboxylic acids is 1. The van der Waals surface area contributed by atoms with Crippen molar-refractivity contribution >= 4 is 28.6 Å². The molecule has 0 unspecified atom stereocenters. The maximum absolute atomic E-state index is 12.2. The number of carbonyl (C=O) groups excluding carboxylic acids is 2. The summed E-state index contributed by atoms with van der Waals surface area (Å²) in [6, 6.07) is 13.4. The van der Waals surface area contributed by atoms with Crippen LogP contribution < -0.4 is 11.1 Å². The Morgan fingerprint density at radius 2 is 1.82 bits per heavy atom. The maximum Gasteiger partial charge on any atom is 0.490 e. The second-order valence-electron chi connectivity index (χ2n) is 7.03. The summed E-state index contributed by atoms with van der Waals surface area (Å²) in [5.74, 6) is -3.20. The van der Waals surface area contributed by atoms with E-state index in [-0.39, 0.29) is 5.78 Å². The molecule has 0 aliphatic rings. The third-order valence-electron chi connectivity index (χ3n) is 4.62. The summed E-state index contributed by atoms with van der Waals surface area (Å²) in [6.45, 7) is 4.30. The van der Waals surface area contributed by atoms with E-state index >= 15 is 0 Å². The van der Waals surface area contributed by atoms with Gasteiger partial charge in [0.1, 0.15) is 0 Å². The van der Waals surface area contributed by atoms with Gasteiger partial charge in [0.2, 0.25) is 0 Å². The first-order chi connectivity index (χ1) is 15.5. The molecule has 1 amide bonds. The lowest BCUT2D eigenvalue weighted by Crippen LogP contribution is -2.21. The van der Waals surface area contributed by atoms with Crippen LogP contribution in [-0.2, 0) is 16.0 Å². The molecular weight excluding hydrogens is 439 g/mol. The molecule has 3 aromatic rings. The fraction of sp³-hybridized carbons (Fsp3) is 0.174. The van der Waals surface area contributed by atoms with Crippen LogP contribution in [0.1, 0.15) is 15.9 Å². The molecule has 7 nitrogen and oxygen atoms in total. The van der Waals surface area contributed by atoms with Gasteiger partial charge in [0, 0.05) is 30.1 Å². The largest absolute Gasteiger partial charge is 0.490 e. The van der Waals surface area contributed by atoms with Gasteiger partial charge in [-0.3, -0.25) is 9.59 Å². The van der Waals surface area contributed by atoms with Crippen LogP contribution in [0.15, 0.2) is 60.8 Å². The van der Waals surface area contributed by atoms with E-state index in [1.165, 1.54) is 0 Å². The fourth-order valence-corrected chi connectivity index (χ4v) is 3.08. The highest BCUT2D eigenvalue weighted by molar-refractivity contribution is 6.09. The smallest absolute Gasteiger partial charge is 0.475 e. The number of Topliss-reactive ketones (excluding diaryl/α,β-unsaturated/α-hetero) is 1. The summed E-state index contributed by atoms with van der Waals surface area (Å²) < 4.78 is 31.7. The van der Waals surface area contributed by atoms with E-state index in [1.807, 2.05) is 36.4 Å². The summed E-state index contributed by atoms with van der Waals surface area (Å²) in [6.07, 6.45) is -2.99. The van der Waals surface area contributed by atoms with Gasteiger partial charge in [-0.2, -0.15) is 13.2 Å². The third-order valence-corrected chi connectivity index (χ3v) is 4.62. The lowest BCUT2D eigenvalue weighted by molar-refractivity contribution is -0.192. The number of hydrogen-bond acceptors (Lipinski definition) is 4. The van der Waals surface area contributed by atoms with E-state index in [0.29, 0.717) is 24.1 Å². The van der Waals surface area contributed by atoms with Crippen molar-refractivity contribution in [3.05, 3.63) is 71.9 Å². The zero-order chi connectivity index (χ0) is 24.8. The van der Waals surface area contributed by atoms with Crippen molar-refractivity contribution in [2.24, 2.45) is 5.73 Å². The van der Waals surface area contributed by atoms with Gasteiger partial charge >= 0.3 is 12.1 Å². The summed E-state index contributed by atoms with van der Waals surface area (Å²) in [4.78, 5) is 35.8. The highest BCUT2D eigenvalue weighted by Gasteiger charge is 2.38. The van der Waals surface area contributed by atoms with E-state index in [2.05, 4.69) is 16.9 Å². The first-order valence-corrected chi connectivity index (χ1v) is 9.60. The number of aromatic amines is 1. The molecule has 33 heavy (non-hydrogen) atoms. The van der Waals surface area contributed by atoms with Crippen LogP contribution in [0.3, 0.4) is 0 Å². The number of carbonyl (C=O) groups is 3. The lowest BCUT2D eigenvalue weighted by Gasteiger charge is -2.09. The topological polar surface area (TPSA) is 125 Å². The van der Waals surface area contributed by atoms with Crippen LogP contribution in [0, 0.1) is 0 Å². The van der Waals surface area contributed by atoms with Gasteiger partial charge < -0.3 is 21.1 Å². The predicted molar refractivity (Wildman–Crippen MR) is 118 cm³/mol. The Labute approximate surface area is 187 Å². The van der Waals surface area contributed by atoms with Crippen LogP contribution in [0.25, 0.3) is 22.0 Å². The number of likely N-dealkylation sites (N-methyl/N-ethyl adjacent to an activating group) is 1. The van der Waals surface area contributed by atoms with Gasteiger partial charge in [-0.1, -0.05) is 36.9 Å². The molecule has 10 heteroatoms. The van der Waals surface area contributed by atoms with E-state index in [0.717, 1.165) is 27.6 Å². The Bertz CT molecular complexity index is 1200. The minimum absolute atomic E-state index is 0.0207. The van der Waals surface area contributed by atoms with Crippen LogP contribution in [0.5, 0.6) is 0 Å². The number of H-pyrrole nitrogens is 1. The molecule has 0 fully saturated rings. The molecule has 0 spiro atoms. The van der Waals surface area contributed by atoms with Crippen molar-refractivity contribution < 1.29 is 32.7 Å². The lowest BCUT2D eigenvalue weighted by atomic mass is 9.95. The Morgan fingerprint density at radius 1 is 1.15 bits per heavy atom. The fourth-order valence-electron chi connectivity index (χ4n) is 3.08. The van der Waals surface area contributed by atoms with Gasteiger partial charge in [-0.15, -0.1) is 0 Å². The first kappa shape index (κ1) is 25.3. The SMILES string of the molecule is C=C(CNC)C(=O)Cc1cccc(-c2ccc(C(N)=O)c3[nH]ccc23)c1.O=C(O)C(F)(F)F. The predicted octanol–water partition coefficient (Wildman–Crippen LogP) is 3.45. The van der Waals surface area contributed by atoms with Gasteiger partial charge in [0.25, 0.3) is 5.91 Å². The average Bonchev–Trinajstić information content (AvgIpc) is 3.22. The second-order valence-corrected chi connectivity index (χ2v) is 7.03. The average molecular weight is 461 g/mol. The Balaban J connectivity index is 0.000000479. The van der Waals surface area contributed by atoms with Gasteiger partial charge in [-0.25, -0.2) is 4.79 Å². The van der Waals surface area contributed by atoms with E-state index in [1.54, 1.807) is 19.3 Å². The van der Waals surface area contributed by atoms with Gasteiger partial charge in [0.05, 0.1) is 11.1 Å². The molecule has 0 saturated heterocycles. The van der Waals surface area contributed by atoms with Crippen LogP contribution in [0.2, 0.25) is 0 Å². The number of carboxylic acid groups (broad SMARTS) is 1. The molecule has 1 aromatic heterocycles. The number of nitrogens with one attached hydrogen (secondary N) is 2. The monoisotopic (exact) mass is 461 g/mol. The van der Waals surface area contributed by atoms with Gasteiger partial charge in [0.15, 0.2) is 5.78 Å². The first-order valence-electron chi connectivity index (χ1n) is 9.60. The zero-order valence-electron chi connectivity index (χ0n) is 17.6. The number of halogens is 3. The number of primary amides is 1. The van der Waals surface area contributed by atoms with E-state index in [9.17, 15) is 22.8 Å². The number of alkyl halides is 3. The molecule has 0 saturated carbocycles.